The molecule has 1 saturated heterocycles. The van der Waals surface area contributed by atoms with Gasteiger partial charge in [-0.25, -0.2) is 0 Å². The summed E-state index contributed by atoms with van der Waals surface area (Å²) in [5.74, 6) is 0.164. The fourth-order valence-electron chi connectivity index (χ4n) is 8.10. The van der Waals surface area contributed by atoms with E-state index in [4.69, 9.17) is 9.47 Å². The summed E-state index contributed by atoms with van der Waals surface area (Å²) in [6.45, 7) is 6.54. The number of alkyl halides is 3. The number of ether oxygens (including phenoxy) is 2. The quantitative estimate of drug-likeness (QED) is 0.287. The van der Waals surface area contributed by atoms with Crippen LogP contribution in [0.5, 0.6) is 11.5 Å². The van der Waals surface area contributed by atoms with Crippen LogP contribution in [0.3, 0.4) is 0 Å². The molecule has 2 aromatic rings. The lowest BCUT2D eigenvalue weighted by Gasteiger charge is -2.64. The third-order valence-electron chi connectivity index (χ3n) is 9.84. The van der Waals surface area contributed by atoms with Crippen LogP contribution in [0.2, 0.25) is 0 Å². The summed E-state index contributed by atoms with van der Waals surface area (Å²) in [6.07, 6.45) is 0.152. The van der Waals surface area contributed by atoms with Crippen molar-refractivity contribution in [2.75, 3.05) is 20.1 Å². The maximum Gasteiger partial charge on any atom is 0.416 e. The SMILES string of the molecule is CC(=O)Oc1ccc2c3c1O[C@H]1[C@@H](N(CC(C)C)C(=O)C=Cc4ccc(C(F)(F)F)cc4)CC[C@@]4(O)[C@@H](C2)N(C)CC[C@]314. The standard InChI is InChI=1S/C33H37F3N2O5/c1-19(2)18-38(27(40)12-7-21-5-9-23(10-6-21)33(34,35)36)24-13-14-32(41)26-17-22-8-11-25(42-20(3)39)29-28(22)31(32,30(24)43-29)15-16-37(26)4/h5-12,19,24,26,30,41H,13-18H2,1-4H3/t24-,26+,30-,31-,32+/m0/s1. The predicted octanol–water partition coefficient (Wildman–Crippen LogP) is 4.98. The number of halogens is 3. The number of esters is 1. The Labute approximate surface area is 249 Å². The molecule has 4 aliphatic rings. The van der Waals surface area contributed by atoms with E-state index in [1.54, 1.807) is 11.0 Å². The molecular weight excluding hydrogens is 561 g/mol. The summed E-state index contributed by atoms with van der Waals surface area (Å²) in [5, 5.41) is 12.6. The zero-order valence-electron chi connectivity index (χ0n) is 24.8. The van der Waals surface area contributed by atoms with Crippen LogP contribution in [0.25, 0.3) is 6.08 Å². The Kier molecular flexibility index (Phi) is 7.16. The van der Waals surface area contributed by atoms with Gasteiger partial charge in [0.15, 0.2) is 11.5 Å². The van der Waals surface area contributed by atoms with Gasteiger partial charge in [0.25, 0.3) is 0 Å². The molecule has 1 spiro atoms. The molecule has 230 valence electrons. The minimum Gasteiger partial charge on any atom is -0.483 e. The van der Waals surface area contributed by atoms with E-state index < -0.39 is 34.8 Å². The van der Waals surface area contributed by atoms with Gasteiger partial charge in [-0.1, -0.05) is 32.0 Å². The molecule has 2 heterocycles. The van der Waals surface area contributed by atoms with Crippen molar-refractivity contribution < 1.29 is 37.3 Å². The molecular formula is C33H37F3N2O5. The van der Waals surface area contributed by atoms with Crippen molar-refractivity contribution in [2.45, 2.75) is 81.8 Å². The molecule has 2 aliphatic heterocycles. The van der Waals surface area contributed by atoms with Crippen LogP contribution in [-0.4, -0.2) is 70.7 Å². The molecule has 10 heteroatoms. The third kappa shape index (κ3) is 4.65. The second-order valence-corrected chi connectivity index (χ2v) is 12.8. The van der Waals surface area contributed by atoms with Crippen LogP contribution in [0, 0.1) is 5.92 Å². The highest BCUT2D eigenvalue weighted by atomic mass is 19.4. The lowest BCUT2D eigenvalue weighted by atomic mass is 9.48. The summed E-state index contributed by atoms with van der Waals surface area (Å²) in [7, 11) is 2.03. The lowest BCUT2D eigenvalue weighted by molar-refractivity contribution is -0.197. The number of amides is 1. The number of rotatable bonds is 6. The highest BCUT2D eigenvalue weighted by Crippen LogP contribution is 2.65. The van der Waals surface area contributed by atoms with Gasteiger partial charge in [-0.15, -0.1) is 0 Å². The van der Waals surface area contributed by atoms with Crippen LogP contribution < -0.4 is 9.47 Å². The van der Waals surface area contributed by atoms with Gasteiger partial charge in [0.05, 0.1) is 22.6 Å². The average Bonchev–Trinajstić information content (AvgIpc) is 3.29. The van der Waals surface area contributed by atoms with Crippen molar-refractivity contribution in [3.8, 4) is 11.5 Å². The summed E-state index contributed by atoms with van der Waals surface area (Å²) in [5.41, 5.74) is -0.214. The Hall–Kier alpha value is -3.37. The molecule has 2 aliphatic carbocycles. The number of hydrogen-bond acceptors (Lipinski definition) is 6. The summed E-state index contributed by atoms with van der Waals surface area (Å²) >= 11 is 0. The molecule has 0 aromatic heterocycles. The van der Waals surface area contributed by atoms with Crippen molar-refractivity contribution in [3.63, 3.8) is 0 Å². The topological polar surface area (TPSA) is 79.3 Å². The smallest absolute Gasteiger partial charge is 0.416 e. The lowest BCUT2D eigenvalue weighted by Crippen LogP contribution is -2.78. The number of carbonyl (C=O) groups is 2. The first-order valence-electron chi connectivity index (χ1n) is 14.9. The van der Waals surface area contributed by atoms with Crippen LogP contribution in [-0.2, 0) is 27.6 Å². The Balaban J connectivity index is 1.39. The van der Waals surface area contributed by atoms with E-state index in [0.29, 0.717) is 49.3 Å². The van der Waals surface area contributed by atoms with Crippen LogP contribution in [0.15, 0.2) is 42.5 Å². The Morgan fingerprint density at radius 3 is 2.56 bits per heavy atom. The zero-order chi connectivity index (χ0) is 30.9. The fourth-order valence-corrected chi connectivity index (χ4v) is 8.10. The Morgan fingerprint density at radius 2 is 1.91 bits per heavy atom. The van der Waals surface area contributed by atoms with E-state index in [2.05, 4.69) is 4.90 Å². The number of likely N-dealkylation sites (tertiary alicyclic amines) is 1. The average molecular weight is 599 g/mol. The maximum atomic E-state index is 13.9. The van der Waals surface area contributed by atoms with Crippen LogP contribution in [0.1, 0.15) is 62.3 Å². The summed E-state index contributed by atoms with van der Waals surface area (Å²) in [6, 6.07) is 7.88. The molecule has 2 fully saturated rings. The molecule has 0 radical (unpaired) electrons. The van der Waals surface area contributed by atoms with Crippen molar-refractivity contribution in [2.24, 2.45) is 5.92 Å². The van der Waals surface area contributed by atoms with Crippen molar-refractivity contribution in [3.05, 3.63) is 64.7 Å². The van der Waals surface area contributed by atoms with E-state index in [9.17, 15) is 27.9 Å². The largest absolute Gasteiger partial charge is 0.483 e. The Morgan fingerprint density at radius 1 is 1.19 bits per heavy atom. The van der Waals surface area contributed by atoms with Crippen molar-refractivity contribution in [1.29, 1.82) is 0 Å². The van der Waals surface area contributed by atoms with E-state index in [1.165, 1.54) is 31.2 Å². The molecule has 2 bridgehead atoms. The highest BCUT2D eigenvalue weighted by molar-refractivity contribution is 5.92. The number of nitrogens with zero attached hydrogens (tertiary/aromatic N) is 2. The number of carbonyl (C=O) groups excluding carboxylic acids is 2. The van der Waals surface area contributed by atoms with Crippen molar-refractivity contribution >= 4 is 18.0 Å². The zero-order valence-corrected chi connectivity index (χ0v) is 24.8. The third-order valence-corrected chi connectivity index (χ3v) is 9.84. The van der Waals surface area contributed by atoms with Crippen LogP contribution in [0.4, 0.5) is 13.2 Å². The monoisotopic (exact) mass is 598 g/mol. The van der Waals surface area contributed by atoms with Gasteiger partial charge >= 0.3 is 12.1 Å². The first kappa shape index (κ1) is 29.7. The highest BCUT2D eigenvalue weighted by Gasteiger charge is 2.73. The molecule has 1 N–H and O–H groups in total. The second-order valence-electron chi connectivity index (χ2n) is 12.8. The van der Waals surface area contributed by atoms with E-state index >= 15 is 0 Å². The minimum atomic E-state index is -4.44. The normalized spacial score (nSPS) is 29.4. The van der Waals surface area contributed by atoms with E-state index in [-0.39, 0.29) is 23.9 Å². The molecule has 0 unspecified atom stereocenters. The van der Waals surface area contributed by atoms with Gasteiger partial charge in [-0.05, 0) is 80.6 Å². The number of hydrogen-bond donors (Lipinski definition) is 1. The van der Waals surface area contributed by atoms with Gasteiger partial charge in [-0.3, -0.25) is 9.59 Å². The molecule has 7 nitrogen and oxygen atoms in total. The first-order valence-corrected chi connectivity index (χ1v) is 14.9. The molecule has 5 atom stereocenters. The van der Waals surface area contributed by atoms with E-state index in [1.807, 2.05) is 27.0 Å². The van der Waals surface area contributed by atoms with E-state index in [0.717, 1.165) is 29.8 Å². The Bertz CT molecular complexity index is 1470. The maximum absolute atomic E-state index is 13.9. The minimum absolute atomic E-state index is 0.120. The number of likely N-dealkylation sites (N-methyl/N-ethyl adjacent to an activating group) is 1. The number of piperidine rings is 1. The molecule has 1 saturated carbocycles. The molecule has 43 heavy (non-hydrogen) atoms. The van der Waals surface area contributed by atoms with Gasteiger partial charge in [0.2, 0.25) is 5.91 Å². The fraction of sp³-hybridized carbons (Fsp3) is 0.515. The number of aliphatic hydroxyl groups is 1. The molecule has 1 amide bonds. The second kappa shape index (κ2) is 10.4. The van der Waals surface area contributed by atoms with Crippen molar-refractivity contribution in [1.82, 2.24) is 9.80 Å². The summed E-state index contributed by atoms with van der Waals surface area (Å²) < 4.78 is 51.4. The molecule has 6 rings (SSSR count). The van der Waals surface area contributed by atoms with Crippen LogP contribution >= 0.6 is 0 Å². The number of benzene rings is 2. The van der Waals surface area contributed by atoms with Gasteiger partial charge in [0.1, 0.15) is 6.10 Å². The van der Waals surface area contributed by atoms with Gasteiger partial charge in [-0.2, -0.15) is 13.2 Å². The summed E-state index contributed by atoms with van der Waals surface area (Å²) in [4.78, 5) is 29.9. The van der Waals surface area contributed by atoms with Gasteiger partial charge in [0, 0.05) is 31.1 Å². The molecule has 2 aromatic carbocycles. The first-order chi connectivity index (χ1) is 20.3. The predicted molar refractivity (Wildman–Crippen MR) is 154 cm³/mol. The van der Waals surface area contributed by atoms with Gasteiger partial charge < -0.3 is 24.4 Å².